The number of carbonyl (C=O) groups is 1. The summed E-state index contributed by atoms with van der Waals surface area (Å²) >= 11 is 4.25. The van der Waals surface area contributed by atoms with Crippen LogP contribution in [0, 0.1) is 0 Å². The summed E-state index contributed by atoms with van der Waals surface area (Å²) in [5.41, 5.74) is 6.51. The number of nitrogens with two attached hydrogens (primary N) is 1. The van der Waals surface area contributed by atoms with E-state index in [9.17, 15) is 4.79 Å². The van der Waals surface area contributed by atoms with Crippen LogP contribution in [0.15, 0.2) is 22.3 Å². The van der Waals surface area contributed by atoms with Gasteiger partial charge in [0, 0.05) is 13.2 Å². The highest BCUT2D eigenvalue weighted by Gasteiger charge is 2.08. The lowest BCUT2D eigenvalue weighted by molar-refractivity contribution is -0.114. The second kappa shape index (κ2) is 5.70. The van der Waals surface area contributed by atoms with Crippen LogP contribution in [0.25, 0.3) is 0 Å². The minimum absolute atomic E-state index is 0.438. The van der Waals surface area contributed by atoms with Gasteiger partial charge in [-0.15, -0.1) is 12.6 Å². The number of hydrogen-bond acceptors (Lipinski definition) is 3. The maximum atomic E-state index is 11.0. The van der Waals surface area contributed by atoms with E-state index >= 15 is 0 Å². The van der Waals surface area contributed by atoms with Crippen molar-refractivity contribution in [2.75, 3.05) is 7.05 Å². The molecule has 0 aromatic carbocycles. The van der Waals surface area contributed by atoms with Gasteiger partial charge in [0.2, 0.25) is 5.91 Å². The first-order valence-corrected chi connectivity index (χ1v) is 4.55. The van der Waals surface area contributed by atoms with Crippen LogP contribution in [0.4, 0.5) is 0 Å². The largest absolute Gasteiger partial charge is 0.393 e. The van der Waals surface area contributed by atoms with E-state index in [-0.39, 0.29) is 0 Å². The zero-order valence-corrected chi connectivity index (χ0v) is 9.11. The Hall–Kier alpha value is -0.900. The topological polar surface area (TPSA) is 55.1 Å². The van der Waals surface area contributed by atoms with E-state index < -0.39 is 5.91 Å². The average molecular weight is 200 g/mol. The van der Waals surface area contributed by atoms with Crippen molar-refractivity contribution < 1.29 is 4.79 Å². The Bertz CT molecular complexity index is 256. The van der Waals surface area contributed by atoms with E-state index in [2.05, 4.69) is 17.9 Å². The summed E-state index contributed by atoms with van der Waals surface area (Å²) < 4.78 is 0. The van der Waals surface area contributed by atoms with E-state index in [1.54, 1.807) is 13.2 Å². The third-order valence-corrected chi connectivity index (χ3v) is 2.38. The minimum Gasteiger partial charge on any atom is -0.393 e. The number of amides is 1. The highest BCUT2D eigenvalue weighted by atomic mass is 32.1. The summed E-state index contributed by atoms with van der Waals surface area (Å²) in [7, 11) is 1.72. The van der Waals surface area contributed by atoms with E-state index in [0.29, 0.717) is 5.57 Å². The number of hydrogen-bond donors (Lipinski definition) is 3. The summed E-state index contributed by atoms with van der Waals surface area (Å²) in [4.78, 5) is 11.9. The highest BCUT2D eigenvalue weighted by molar-refractivity contribution is 7.84. The smallest absolute Gasteiger partial charge is 0.250 e. The molecule has 0 fully saturated rings. The predicted octanol–water partition coefficient (Wildman–Crippen LogP) is 1.19. The first-order chi connectivity index (χ1) is 6.04. The molecule has 74 valence electrons. The fraction of sp³-hybridized carbons (Fsp3) is 0.444. The molecular formula is C9H16N2OS. The SMILES string of the molecule is CC/C(S)=C(C)/C(=C/NC)C(N)=O. The molecule has 0 atom stereocenters. The normalized spacial score (nSPS) is 13.7. The fourth-order valence-electron chi connectivity index (χ4n) is 0.929. The van der Waals surface area contributed by atoms with Gasteiger partial charge >= 0.3 is 0 Å². The Labute approximate surface area is 84.5 Å². The average Bonchev–Trinajstić information content (AvgIpc) is 2.11. The van der Waals surface area contributed by atoms with Crippen LogP contribution in [-0.4, -0.2) is 13.0 Å². The molecule has 0 rings (SSSR count). The van der Waals surface area contributed by atoms with E-state index in [0.717, 1.165) is 16.9 Å². The lowest BCUT2D eigenvalue weighted by Gasteiger charge is -2.06. The van der Waals surface area contributed by atoms with Gasteiger partial charge in [0.05, 0.1) is 5.57 Å². The maximum absolute atomic E-state index is 11.0. The molecule has 0 radical (unpaired) electrons. The molecule has 13 heavy (non-hydrogen) atoms. The van der Waals surface area contributed by atoms with Gasteiger partial charge in [0.1, 0.15) is 0 Å². The van der Waals surface area contributed by atoms with Gasteiger partial charge in [0.15, 0.2) is 0 Å². The molecule has 0 spiro atoms. The molecule has 0 aromatic heterocycles. The van der Waals surface area contributed by atoms with Crippen LogP contribution in [-0.2, 0) is 4.79 Å². The molecule has 0 unspecified atom stereocenters. The van der Waals surface area contributed by atoms with Crippen molar-refractivity contribution in [2.45, 2.75) is 20.3 Å². The fourth-order valence-corrected chi connectivity index (χ4v) is 1.05. The number of rotatable bonds is 4. The van der Waals surface area contributed by atoms with Crippen molar-refractivity contribution in [1.29, 1.82) is 0 Å². The van der Waals surface area contributed by atoms with Crippen molar-refractivity contribution in [1.82, 2.24) is 5.32 Å². The first kappa shape index (κ1) is 12.1. The molecule has 3 nitrogen and oxygen atoms in total. The molecule has 0 aromatic rings. The third kappa shape index (κ3) is 3.55. The molecule has 4 heteroatoms. The molecule has 0 aliphatic carbocycles. The number of allylic oxidation sites excluding steroid dienone is 1. The minimum atomic E-state index is -0.438. The summed E-state index contributed by atoms with van der Waals surface area (Å²) in [6.07, 6.45) is 2.38. The monoisotopic (exact) mass is 200 g/mol. The zero-order valence-electron chi connectivity index (χ0n) is 8.22. The Kier molecular flexibility index (Phi) is 5.30. The molecule has 0 heterocycles. The molecule has 0 saturated carbocycles. The summed E-state index contributed by atoms with van der Waals surface area (Å²) in [6.45, 7) is 3.81. The second-order valence-electron chi connectivity index (χ2n) is 2.64. The number of nitrogens with one attached hydrogen (secondary N) is 1. The molecule has 3 N–H and O–H groups in total. The van der Waals surface area contributed by atoms with Crippen LogP contribution < -0.4 is 11.1 Å². The zero-order chi connectivity index (χ0) is 10.4. The Morgan fingerprint density at radius 3 is 2.46 bits per heavy atom. The van der Waals surface area contributed by atoms with Gasteiger partial charge in [-0.25, -0.2) is 0 Å². The second-order valence-corrected chi connectivity index (χ2v) is 3.18. The van der Waals surface area contributed by atoms with Crippen molar-refractivity contribution in [3.05, 3.63) is 22.3 Å². The maximum Gasteiger partial charge on any atom is 0.250 e. The van der Waals surface area contributed by atoms with Crippen molar-refractivity contribution in [3.63, 3.8) is 0 Å². The van der Waals surface area contributed by atoms with E-state index in [4.69, 9.17) is 5.73 Å². The van der Waals surface area contributed by atoms with Crippen LogP contribution >= 0.6 is 12.6 Å². The van der Waals surface area contributed by atoms with Gasteiger partial charge in [-0.05, 0) is 23.8 Å². The van der Waals surface area contributed by atoms with Gasteiger partial charge in [0.25, 0.3) is 0 Å². The lowest BCUT2D eigenvalue weighted by Crippen LogP contribution is -2.17. The quantitative estimate of drug-likeness (QED) is 0.363. The van der Waals surface area contributed by atoms with Crippen LogP contribution in [0.1, 0.15) is 20.3 Å². The van der Waals surface area contributed by atoms with Crippen LogP contribution in [0.3, 0.4) is 0 Å². The Morgan fingerprint density at radius 1 is 1.62 bits per heavy atom. The highest BCUT2D eigenvalue weighted by Crippen LogP contribution is 2.18. The standard InChI is InChI=1S/C9H16N2OS/c1-4-8(13)6(2)7(5-11-3)9(10)12/h5,11,13H,4H2,1-3H3,(H2,10,12)/b7-5-,8-6-. The molecular weight excluding hydrogens is 184 g/mol. The lowest BCUT2D eigenvalue weighted by atomic mass is 10.1. The van der Waals surface area contributed by atoms with E-state index in [1.165, 1.54) is 0 Å². The summed E-state index contributed by atoms with van der Waals surface area (Å²) in [6, 6.07) is 0. The van der Waals surface area contributed by atoms with Crippen molar-refractivity contribution in [3.8, 4) is 0 Å². The molecule has 0 bridgehead atoms. The van der Waals surface area contributed by atoms with Crippen LogP contribution in [0.2, 0.25) is 0 Å². The molecule has 1 amide bonds. The van der Waals surface area contributed by atoms with Gasteiger partial charge in [-0.3, -0.25) is 4.79 Å². The first-order valence-electron chi connectivity index (χ1n) is 4.10. The molecule has 0 aliphatic rings. The van der Waals surface area contributed by atoms with Crippen molar-refractivity contribution in [2.24, 2.45) is 5.73 Å². The Balaban J connectivity index is 4.98. The Morgan fingerprint density at radius 2 is 2.15 bits per heavy atom. The van der Waals surface area contributed by atoms with E-state index in [1.807, 2.05) is 13.8 Å². The van der Waals surface area contributed by atoms with Gasteiger partial charge < -0.3 is 11.1 Å². The third-order valence-electron chi connectivity index (χ3n) is 1.73. The summed E-state index contributed by atoms with van der Waals surface area (Å²) in [5, 5.41) is 2.78. The van der Waals surface area contributed by atoms with Crippen LogP contribution in [0.5, 0.6) is 0 Å². The van der Waals surface area contributed by atoms with Gasteiger partial charge in [-0.1, -0.05) is 6.92 Å². The number of primary amides is 1. The molecule has 0 saturated heterocycles. The predicted molar refractivity (Wildman–Crippen MR) is 58.3 cm³/mol. The number of thiol groups is 1. The summed E-state index contributed by atoms with van der Waals surface area (Å²) in [5.74, 6) is -0.438. The van der Waals surface area contributed by atoms with Crippen molar-refractivity contribution >= 4 is 18.5 Å². The van der Waals surface area contributed by atoms with Gasteiger partial charge in [-0.2, -0.15) is 0 Å². The molecule has 0 aliphatic heterocycles. The number of carbonyl (C=O) groups excluding carboxylic acids is 1.